The molecule has 10 aromatic rings. The highest BCUT2D eigenvalue weighted by Gasteiger charge is 2.20. The minimum absolute atomic E-state index is 0.541. The van der Waals surface area contributed by atoms with Crippen LogP contribution in [0.5, 0.6) is 0 Å². The molecule has 7 aromatic carbocycles. The lowest BCUT2D eigenvalue weighted by atomic mass is 9.98. The number of para-hydroxylation sites is 2. The normalized spacial score (nSPS) is 11.8. The van der Waals surface area contributed by atoms with Crippen LogP contribution in [0.25, 0.3) is 99.9 Å². The molecule has 0 saturated carbocycles. The van der Waals surface area contributed by atoms with E-state index in [-0.39, 0.29) is 0 Å². The third kappa shape index (κ3) is 4.59. The van der Waals surface area contributed by atoms with Crippen molar-refractivity contribution in [3.8, 4) is 45.3 Å². The number of hydrogen-bond donors (Lipinski definition) is 0. The molecule has 0 saturated heterocycles. The summed E-state index contributed by atoms with van der Waals surface area (Å²) in [6, 6.07) is 48.9. The van der Waals surface area contributed by atoms with E-state index >= 15 is 0 Å². The predicted molar refractivity (Wildman–Crippen MR) is 199 cm³/mol. The Morgan fingerprint density at radius 2 is 0.959 bits per heavy atom. The van der Waals surface area contributed by atoms with Crippen molar-refractivity contribution in [1.82, 2.24) is 15.0 Å². The van der Waals surface area contributed by atoms with E-state index in [1.165, 1.54) is 0 Å². The summed E-state index contributed by atoms with van der Waals surface area (Å²) in [5.74, 6) is 1.67. The molecule has 10 rings (SSSR count). The monoisotopic (exact) mass is 649 g/mol. The molecule has 3 aromatic heterocycles. The van der Waals surface area contributed by atoms with E-state index < -0.39 is 0 Å². The molecule has 0 spiro atoms. The average molecular weight is 650 g/mol. The Balaban J connectivity index is 1.22. The summed E-state index contributed by atoms with van der Waals surface area (Å²) in [4.78, 5) is 15.3. The van der Waals surface area contributed by atoms with Gasteiger partial charge in [-0.15, -0.1) is 0 Å². The van der Waals surface area contributed by atoms with E-state index in [0.717, 1.165) is 82.5 Å². The number of halogens is 1. The van der Waals surface area contributed by atoms with Gasteiger partial charge < -0.3 is 8.83 Å². The quantitative estimate of drug-likeness (QED) is 0.190. The van der Waals surface area contributed by atoms with E-state index in [1.807, 2.05) is 91.0 Å². The van der Waals surface area contributed by atoms with E-state index in [0.29, 0.717) is 22.5 Å². The highest BCUT2D eigenvalue weighted by Crippen LogP contribution is 2.41. The van der Waals surface area contributed by atoms with Gasteiger partial charge in [-0.2, -0.15) is 0 Å². The maximum Gasteiger partial charge on any atom is 0.164 e. The molecule has 0 fully saturated rings. The summed E-state index contributed by atoms with van der Waals surface area (Å²) in [6.45, 7) is 0. The van der Waals surface area contributed by atoms with Gasteiger partial charge >= 0.3 is 0 Å². The number of furan rings is 2. The minimum Gasteiger partial charge on any atom is -0.456 e. The highest BCUT2D eigenvalue weighted by molar-refractivity contribution is 6.32. The van der Waals surface area contributed by atoms with Gasteiger partial charge in [-0.05, 0) is 70.4 Å². The van der Waals surface area contributed by atoms with Crippen LogP contribution in [0.4, 0.5) is 0 Å². The van der Waals surface area contributed by atoms with Crippen LogP contribution in [0.1, 0.15) is 0 Å². The van der Waals surface area contributed by atoms with Crippen molar-refractivity contribution >= 4 is 66.3 Å². The van der Waals surface area contributed by atoms with Crippen molar-refractivity contribution in [2.45, 2.75) is 0 Å². The summed E-state index contributed by atoms with van der Waals surface area (Å²) in [5.41, 5.74) is 8.06. The van der Waals surface area contributed by atoms with E-state index in [4.69, 9.17) is 35.4 Å². The van der Waals surface area contributed by atoms with Crippen LogP contribution >= 0.6 is 11.6 Å². The highest BCUT2D eigenvalue weighted by atomic mass is 35.5. The fourth-order valence-electron chi connectivity index (χ4n) is 6.86. The average Bonchev–Trinajstić information content (AvgIpc) is 3.73. The van der Waals surface area contributed by atoms with Gasteiger partial charge in [-0.1, -0.05) is 109 Å². The Bertz CT molecular complexity index is 2890. The summed E-state index contributed by atoms with van der Waals surface area (Å²) in [7, 11) is 0. The van der Waals surface area contributed by atoms with Crippen LogP contribution in [0.3, 0.4) is 0 Å². The smallest absolute Gasteiger partial charge is 0.164 e. The molecular weight excluding hydrogens is 626 g/mol. The number of nitrogens with zero attached hydrogens (tertiary/aromatic N) is 3. The molecule has 230 valence electrons. The summed E-state index contributed by atoms with van der Waals surface area (Å²) < 4.78 is 12.5. The number of rotatable bonds is 4. The first kappa shape index (κ1) is 27.8. The maximum absolute atomic E-state index is 6.60. The fraction of sp³-hybridized carbons (Fsp3) is 0. The topological polar surface area (TPSA) is 65.0 Å². The van der Waals surface area contributed by atoms with Crippen molar-refractivity contribution in [3.63, 3.8) is 0 Å². The Kier molecular flexibility index (Phi) is 6.16. The Morgan fingerprint density at radius 1 is 0.367 bits per heavy atom. The standard InChI is InChI=1S/C43H24ClN3O2/c44-29-19-20-30-34(23-29)40-32-11-5-7-13-37(32)49-39(40)24-35(30)43-46-41(27-16-14-26(15-17-27)25-8-2-1-3-9-25)45-42(47-43)28-18-21-38-33(22-28)31-10-4-6-12-36(31)48-38/h1-24H. The molecule has 0 aliphatic rings. The van der Waals surface area contributed by atoms with Crippen LogP contribution in [-0.4, -0.2) is 15.0 Å². The SMILES string of the molecule is Clc1ccc2c(-c3nc(-c4ccc(-c5ccccc5)cc4)nc(-c4ccc5oc6ccccc6c5c4)n3)cc3oc4ccccc4c3c2c1. The molecular formula is C43H24ClN3O2. The van der Waals surface area contributed by atoms with E-state index in [2.05, 4.69) is 54.6 Å². The maximum atomic E-state index is 6.60. The van der Waals surface area contributed by atoms with Crippen molar-refractivity contribution in [2.75, 3.05) is 0 Å². The third-order valence-electron chi connectivity index (χ3n) is 9.20. The Hall–Kier alpha value is -6.30. The van der Waals surface area contributed by atoms with Crippen molar-refractivity contribution < 1.29 is 8.83 Å². The van der Waals surface area contributed by atoms with E-state index in [1.54, 1.807) is 0 Å². The molecule has 0 unspecified atom stereocenters. The lowest BCUT2D eigenvalue weighted by Gasteiger charge is -2.12. The molecule has 0 radical (unpaired) electrons. The van der Waals surface area contributed by atoms with E-state index in [9.17, 15) is 0 Å². The van der Waals surface area contributed by atoms with Gasteiger partial charge in [0, 0.05) is 43.3 Å². The van der Waals surface area contributed by atoms with Gasteiger partial charge in [0.2, 0.25) is 0 Å². The van der Waals surface area contributed by atoms with Gasteiger partial charge in [0.05, 0.1) is 0 Å². The molecule has 6 heteroatoms. The summed E-state index contributed by atoms with van der Waals surface area (Å²) >= 11 is 6.60. The molecule has 0 atom stereocenters. The molecule has 5 nitrogen and oxygen atoms in total. The fourth-order valence-corrected chi connectivity index (χ4v) is 7.03. The number of benzene rings is 7. The lowest BCUT2D eigenvalue weighted by Crippen LogP contribution is -2.00. The lowest BCUT2D eigenvalue weighted by molar-refractivity contribution is 0.668. The zero-order chi connectivity index (χ0) is 32.5. The van der Waals surface area contributed by atoms with Crippen LogP contribution in [-0.2, 0) is 0 Å². The largest absolute Gasteiger partial charge is 0.456 e. The Labute approximate surface area is 285 Å². The minimum atomic E-state index is 0.541. The molecule has 0 aliphatic heterocycles. The second-order valence-electron chi connectivity index (χ2n) is 12.1. The molecule has 0 amide bonds. The van der Waals surface area contributed by atoms with Crippen LogP contribution in [0.2, 0.25) is 5.02 Å². The zero-order valence-electron chi connectivity index (χ0n) is 25.9. The van der Waals surface area contributed by atoms with Crippen molar-refractivity contribution in [1.29, 1.82) is 0 Å². The van der Waals surface area contributed by atoms with Gasteiger partial charge in [-0.25, -0.2) is 15.0 Å². The van der Waals surface area contributed by atoms with Gasteiger partial charge in [0.25, 0.3) is 0 Å². The number of hydrogen-bond acceptors (Lipinski definition) is 5. The first-order valence-corrected chi connectivity index (χ1v) is 16.4. The van der Waals surface area contributed by atoms with Gasteiger partial charge in [0.15, 0.2) is 17.5 Å². The van der Waals surface area contributed by atoms with Crippen molar-refractivity contribution in [2.24, 2.45) is 0 Å². The summed E-state index contributed by atoms with van der Waals surface area (Å²) in [5, 5.41) is 6.70. The van der Waals surface area contributed by atoms with Gasteiger partial charge in [0.1, 0.15) is 22.3 Å². The molecule has 3 heterocycles. The number of aromatic nitrogens is 3. The summed E-state index contributed by atoms with van der Waals surface area (Å²) in [6.07, 6.45) is 0. The van der Waals surface area contributed by atoms with Crippen LogP contribution < -0.4 is 0 Å². The molecule has 0 bridgehead atoms. The van der Waals surface area contributed by atoms with Crippen LogP contribution in [0, 0.1) is 0 Å². The molecule has 0 aliphatic carbocycles. The third-order valence-corrected chi connectivity index (χ3v) is 9.44. The Morgan fingerprint density at radius 3 is 1.78 bits per heavy atom. The first-order chi connectivity index (χ1) is 24.2. The first-order valence-electron chi connectivity index (χ1n) is 16.0. The second kappa shape index (κ2) is 10.9. The van der Waals surface area contributed by atoms with Gasteiger partial charge in [-0.3, -0.25) is 0 Å². The molecule has 0 N–H and O–H groups in total. The predicted octanol–water partition coefficient (Wildman–Crippen LogP) is 12.1. The van der Waals surface area contributed by atoms with Crippen molar-refractivity contribution in [3.05, 3.63) is 151 Å². The second-order valence-corrected chi connectivity index (χ2v) is 12.6. The number of fused-ring (bicyclic) bond motifs is 8. The molecule has 49 heavy (non-hydrogen) atoms. The van der Waals surface area contributed by atoms with Crippen LogP contribution in [0.15, 0.2) is 154 Å². The zero-order valence-corrected chi connectivity index (χ0v) is 26.6.